The molecule has 0 aliphatic carbocycles. The second-order valence-corrected chi connectivity index (χ2v) is 8.66. The lowest BCUT2D eigenvalue weighted by Crippen LogP contribution is -2.55. The molecule has 0 saturated carbocycles. The van der Waals surface area contributed by atoms with Gasteiger partial charge in [0.25, 0.3) is 11.8 Å². The third kappa shape index (κ3) is 4.30. The van der Waals surface area contributed by atoms with E-state index >= 15 is 0 Å². The van der Waals surface area contributed by atoms with Crippen molar-refractivity contribution in [3.63, 3.8) is 0 Å². The summed E-state index contributed by atoms with van der Waals surface area (Å²) in [5.41, 5.74) is -0.0214. The van der Waals surface area contributed by atoms with E-state index in [0.717, 1.165) is 11.6 Å². The molecule has 2 aliphatic rings. The van der Waals surface area contributed by atoms with Crippen LogP contribution in [0.5, 0.6) is 5.75 Å². The number of ether oxygens (including phenoxy) is 2. The highest BCUT2D eigenvalue weighted by Crippen LogP contribution is 2.40. The third-order valence-corrected chi connectivity index (χ3v) is 6.03. The Bertz CT molecular complexity index is 929. The van der Waals surface area contributed by atoms with Crippen molar-refractivity contribution in [1.82, 2.24) is 19.8 Å². The van der Waals surface area contributed by atoms with Gasteiger partial charge in [0.15, 0.2) is 6.10 Å². The Hall–Kier alpha value is -2.87. The molecule has 1 saturated heterocycles. The van der Waals surface area contributed by atoms with Crippen molar-refractivity contribution in [2.24, 2.45) is 5.92 Å². The van der Waals surface area contributed by atoms with Gasteiger partial charge in [-0.2, -0.15) is 0 Å². The molecule has 0 radical (unpaired) electrons. The zero-order valence-electron chi connectivity index (χ0n) is 18.3. The molecule has 1 aromatic carbocycles. The van der Waals surface area contributed by atoms with E-state index in [-0.39, 0.29) is 11.8 Å². The fourth-order valence-corrected chi connectivity index (χ4v) is 4.28. The lowest BCUT2D eigenvalue weighted by atomic mass is 9.88. The molecular formula is C23H30N4O4. The number of hydrogen-bond acceptors (Lipinski definition) is 5. The molecule has 1 spiro atoms. The van der Waals surface area contributed by atoms with Crippen LogP contribution in [-0.4, -0.2) is 59.1 Å². The number of carbonyl (C=O) groups excluding carboxylic acids is 2. The Labute approximate surface area is 182 Å². The molecule has 0 unspecified atom stereocenters. The van der Waals surface area contributed by atoms with E-state index in [9.17, 15) is 9.59 Å². The van der Waals surface area contributed by atoms with Crippen molar-refractivity contribution in [2.45, 2.75) is 44.9 Å². The molecule has 1 N–H and O–H groups in total. The number of hydrogen-bond donors (Lipinski definition) is 1. The van der Waals surface area contributed by atoms with Crippen LogP contribution in [0.1, 0.15) is 42.9 Å². The second kappa shape index (κ2) is 8.70. The number of nitrogens with one attached hydrogen (secondary N) is 1. The average Bonchev–Trinajstić information content (AvgIpc) is 3.27. The third-order valence-electron chi connectivity index (χ3n) is 6.03. The van der Waals surface area contributed by atoms with Gasteiger partial charge in [0.2, 0.25) is 0 Å². The zero-order valence-corrected chi connectivity index (χ0v) is 18.3. The molecule has 8 nitrogen and oxygen atoms in total. The van der Waals surface area contributed by atoms with E-state index in [4.69, 9.17) is 9.47 Å². The minimum atomic E-state index is -0.654. The van der Waals surface area contributed by atoms with Crippen LogP contribution in [-0.2, 0) is 21.7 Å². The van der Waals surface area contributed by atoms with Crippen molar-refractivity contribution in [3.8, 4) is 5.75 Å². The lowest BCUT2D eigenvalue weighted by molar-refractivity contribution is -0.172. The number of aromatic nitrogens is 2. The summed E-state index contributed by atoms with van der Waals surface area (Å²) in [6.07, 6.45) is 4.28. The van der Waals surface area contributed by atoms with Gasteiger partial charge in [0.1, 0.15) is 17.2 Å². The predicted octanol–water partition coefficient (Wildman–Crippen LogP) is 2.19. The van der Waals surface area contributed by atoms with Crippen LogP contribution >= 0.6 is 0 Å². The smallest absolute Gasteiger partial charge is 0.253 e. The molecule has 1 atom stereocenters. The predicted molar refractivity (Wildman–Crippen MR) is 115 cm³/mol. The summed E-state index contributed by atoms with van der Waals surface area (Å²) in [5.74, 6) is 1.83. The lowest BCUT2D eigenvalue weighted by Gasteiger charge is -2.45. The van der Waals surface area contributed by atoms with Crippen LogP contribution in [0.2, 0.25) is 0 Å². The fraction of sp³-hybridized carbons (Fsp3) is 0.522. The van der Waals surface area contributed by atoms with Crippen LogP contribution in [0.4, 0.5) is 0 Å². The number of fused-ring (bicyclic) bond motifs is 2. The van der Waals surface area contributed by atoms with Gasteiger partial charge in [-0.05, 0) is 30.2 Å². The van der Waals surface area contributed by atoms with Gasteiger partial charge in [-0.3, -0.25) is 9.59 Å². The van der Waals surface area contributed by atoms with Gasteiger partial charge in [-0.25, -0.2) is 4.98 Å². The molecule has 1 aromatic heterocycles. The molecule has 2 amide bonds. The van der Waals surface area contributed by atoms with Crippen molar-refractivity contribution < 1.29 is 19.1 Å². The summed E-state index contributed by atoms with van der Waals surface area (Å²) in [7, 11) is 1.60. The Morgan fingerprint density at radius 3 is 2.61 bits per heavy atom. The van der Waals surface area contributed by atoms with Gasteiger partial charge >= 0.3 is 0 Å². The van der Waals surface area contributed by atoms with Crippen molar-refractivity contribution in [3.05, 3.63) is 48.0 Å². The zero-order chi connectivity index (χ0) is 22.0. The number of methoxy groups -OCH3 is 1. The summed E-state index contributed by atoms with van der Waals surface area (Å²) in [5, 5.41) is 2.98. The van der Waals surface area contributed by atoms with E-state index in [1.165, 1.54) is 0 Å². The number of likely N-dealkylation sites (tertiary alicyclic amines) is 1. The fourth-order valence-electron chi connectivity index (χ4n) is 4.28. The first-order chi connectivity index (χ1) is 14.9. The standard InChI is InChI=1S/C23H30N4O4/c1-16(2)14-25-20(28)19-15-27-13-10-24-22(27)23(31-19)8-11-26(12-9-23)21(29)17-4-6-18(30-3)7-5-17/h4-7,10,13,16,19H,8-9,11-12,14-15H2,1-3H3,(H,25,28)/t19-/m0/s1. The SMILES string of the molecule is COc1ccc(C(=O)N2CCC3(CC2)O[C@H](C(=O)NCC(C)C)Cn2ccnc23)cc1. The van der Waals surface area contributed by atoms with E-state index in [0.29, 0.717) is 50.5 Å². The molecule has 4 rings (SSSR count). The number of imidazole rings is 1. The van der Waals surface area contributed by atoms with E-state index < -0.39 is 11.7 Å². The van der Waals surface area contributed by atoms with E-state index in [1.807, 2.05) is 15.7 Å². The molecule has 2 aliphatic heterocycles. The Morgan fingerprint density at radius 2 is 1.97 bits per heavy atom. The highest BCUT2D eigenvalue weighted by molar-refractivity contribution is 5.94. The molecule has 166 valence electrons. The number of piperidine rings is 1. The monoisotopic (exact) mass is 426 g/mol. The first-order valence-corrected chi connectivity index (χ1v) is 10.8. The van der Waals surface area contributed by atoms with Crippen LogP contribution < -0.4 is 10.1 Å². The topological polar surface area (TPSA) is 85.7 Å². The molecule has 2 aromatic rings. The molecular weight excluding hydrogens is 396 g/mol. The van der Waals surface area contributed by atoms with Crippen molar-refractivity contribution >= 4 is 11.8 Å². The van der Waals surface area contributed by atoms with Crippen LogP contribution in [0.25, 0.3) is 0 Å². The number of amides is 2. The summed E-state index contributed by atoms with van der Waals surface area (Å²) in [6.45, 7) is 6.28. The minimum absolute atomic E-state index is 0.0112. The highest BCUT2D eigenvalue weighted by atomic mass is 16.5. The average molecular weight is 427 g/mol. The number of nitrogens with zero attached hydrogens (tertiary/aromatic N) is 3. The Kier molecular flexibility index (Phi) is 6.00. The van der Waals surface area contributed by atoms with Crippen molar-refractivity contribution in [2.75, 3.05) is 26.7 Å². The number of rotatable bonds is 5. The minimum Gasteiger partial charge on any atom is -0.497 e. The molecule has 31 heavy (non-hydrogen) atoms. The molecule has 1 fully saturated rings. The van der Waals surface area contributed by atoms with Crippen LogP contribution in [0.15, 0.2) is 36.7 Å². The summed E-state index contributed by atoms with van der Waals surface area (Å²) in [4.78, 5) is 32.0. The molecule has 3 heterocycles. The first kappa shape index (κ1) is 21.4. The van der Waals surface area contributed by atoms with E-state index in [2.05, 4.69) is 24.1 Å². The first-order valence-electron chi connectivity index (χ1n) is 10.8. The van der Waals surface area contributed by atoms with Crippen LogP contribution in [0.3, 0.4) is 0 Å². The van der Waals surface area contributed by atoms with Gasteiger partial charge in [-0.15, -0.1) is 0 Å². The second-order valence-electron chi connectivity index (χ2n) is 8.66. The summed E-state index contributed by atoms with van der Waals surface area (Å²) in [6, 6.07) is 7.15. The van der Waals surface area contributed by atoms with Crippen LogP contribution in [0, 0.1) is 5.92 Å². The van der Waals surface area contributed by atoms with Gasteiger partial charge in [0.05, 0.1) is 13.7 Å². The maximum Gasteiger partial charge on any atom is 0.253 e. The summed E-state index contributed by atoms with van der Waals surface area (Å²) >= 11 is 0. The largest absolute Gasteiger partial charge is 0.497 e. The van der Waals surface area contributed by atoms with Gasteiger partial charge < -0.3 is 24.3 Å². The number of carbonyl (C=O) groups is 2. The summed E-state index contributed by atoms with van der Waals surface area (Å²) < 4.78 is 13.6. The van der Waals surface area contributed by atoms with Gasteiger partial charge in [0, 0.05) is 50.4 Å². The molecule has 0 bridgehead atoms. The molecule has 8 heteroatoms. The highest BCUT2D eigenvalue weighted by Gasteiger charge is 2.47. The maximum absolute atomic E-state index is 12.9. The maximum atomic E-state index is 12.9. The normalized spacial score (nSPS) is 19.9. The van der Waals surface area contributed by atoms with Crippen molar-refractivity contribution in [1.29, 1.82) is 0 Å². The van der Waals surface area contributed by atoms with E-state index in [1.54, 1.807) is 37.6 Å². The van der Waals surface area contributed by atoms with Gasteiger partial charge in [-0.1, -0.05) is 13.8 Å². The quantitative estimate of drug-likeness (QED) is 0.792. The number of benzene rings is 1. The Morgan fingerprint density at radius 1 is 1.26 bits per heavy atom. The Balaban J connectivity index is 1.47.